The monoisotopic (exact) mass is 382 g/mol. The van der Waals surface area contributed by atoms with Crippen molar-refractivity contribution in [2.24, 2.45) is 0 Å². The van der Waals surface area contributed by atoms with E-state index in [0.29, 0.717) is 25.1 Å². The third-order valence-corrected chi connectivity index (χ3v) is 4.92. The number of β-amino-alcohol motifs (C(OH)–C–C–N with tert-alkyl or cyclic N) is 1. The summed E-state index contributed by atoms with van der Waals surface area (Å²) < 4.78 is 5.35. The standard InChI is InChI=1S/C22H26N2O4/c1-28-20-10-6-5-9-18(20)13-23-14-19(25)15-24(16-22(23)27)21(26)12-11-17-7-3-2-4-8-17/h2-10,19,25H,11-16H2,1H3. The van der Waals surface area contributed by atoms with E-state index in [1.807, 2.05) is 54.6 Å². The number of aryl methyl sites for hydroxylation is 1. The molecule has 1 saturated heterocycles. The molecule has 1 unspecified atom stereocenters. The van der Waals surface area contributed by atoms with Gasteiger partial charge in [0.25, 0.3) is 0 Å². The zero-order valence-corrected chi connectivity index (χ0v) is 16.1. The third kappa shape index (κ3) is 5.10. The van der Waals surface area contributed by atoms with Crippen LogP contribution in [0.25, 0.3) is 0 Å². The average molecular weight is 382 g/mol. The van der Waals surface area contributed by atoms with Crippen LogP contribution in [0, 0.1) is 0 Å². The van der Waals surface area contributed by atoms with Gasteiger partial charge in [0.2, 0.25) is 11.8 Å². The molecule has 0 saturated carbocycles. The molecule has 0 aromatic heterocycles. The minimum Gasteiger partial charge on any atom is -0.496 e. The first kappa shape index (κ1) is 19.9. The Labute approximate surface area is 165 Å². The van der Waals surface area contributed by atoms with Crippen LogP contribution in [-0.4, -0.2) is 59.6 Å². The van der Waals surface area contributed by atoms with Crippen LogP contribution in [0.4, 0.5) is 0 Å². The van der Waals surface area contributed by atoms with Crippen molar-refractivity contribution < 1.29 is 19.4 Å². The van der Waals surface area contributed by atoms with E-state index < -0.39 is 6.10 Å². The van der Waals surface area contributed by atoms with Crippen LogP contribution >= 0.6 is 0 Å². The summed E-state index contributed by atoms with van der Waals surface area (Å²) in [5.41, 5.74) is 1.95. The minimum absolute atomic E-state index is 0.0141. The Hall–Kier alpha value is -2.86. The van der Waals surface area contributed by atoms with E-state index >= 15 is 0 Å². The van der Waals surface area contributed by atoms with Gasteiger partial charge in [-0.05, 0) is 18.1 Å². The highest BCUT2D eigenvalue weighted by Crippen LogP contribution is 2.20. The van der Waals surface area contributed by atoms with Crippen LogP contribution in [0.15, 0.2) is 54.6 Å². The van der Waals surface area contributed by atoms with E-state index in [0.717, 1.165) is 11.1 Å². The molecule has 148 valence electrons. The Morgan fingerprint density at radius 1 is 1.11 bits per heavy atom. The fourth-order valence-electron chi connectivity index (χ4n) is 3.43. The number of ether oxygens (including phenoxy) is 1. The third-order valence-electron chi connectivity index (χ3n) is 4.92. The minimum atomic E-state index is -0.776. The summed E-state index contributed by atoms with van der Waals surface area (Å²) in [6.45, 7) is 0.687. The van der Waals surface area contributed by atoms with E-state index in [4.69, 9.17) is 4.74 Å². The van der Waals surface area contributed by atoms with Crippen molar-refractivity contribution in [2.45, 2.75) is 25.5 Å². The zero-order valence-electron chi connectivity index (χ0n) is 16.1. The maximum absolute atomic E-state index is 12.7. The van der Waals surface area contributed by atoms with Gasteiger partial charge in [0.05, 0.1) is 19.8 Å². The summed E-state index contributed by atoms with van der Waals surface area (Å²) in [6, 6.07) is 17.3. The first-order valence-electron chi connectivity index (χ1n) is 9.46. The Bertz CT molecular complexity index is 809. The SMILES string of the molecule is COc1ccccc1CN1CC(O)CN(C(=O)CCc2ccccc2)CC1=O. The first-order valence-corrected chi connectivity index (χ1v) is 9.46. The lowest BCUT2D eigenvalue weighted by Gasteiger charge is -2.23. The number of hydrogen-bond acceptors (Lipinski definition) is 4. The highest BCUT2D eigenvalue weighted by molar-refractivity contribution is 5.85. The molecular weight excluding hydrogens is 356 g/mol. The van der Waals surface area contributed by atoms with E-state index in [2.05, 4.69) is 0 Å². The molecule has 2 amide bonds. The van der Waals surface area contributed by atoms with Crippen molar-refractivity contribution in [1.29, 1.82) is 0 Å². The fraction of sp³-hybridized carbons (Fsp3) is 0.364. The molecule has 0 bridgehead atoms. The number of para-hydroxylation sites is 1. The normalized spacial score (nSPS) is 17.4. The van der Waals surface area contributed by atoms with Crippen molar-refractivity contribution in [3.63, 3.8) is 0 Å². The summed E-state index contributed by atoms with van der Waals surface area (Å²) in [5.74, 6) is 0.413. The molecule has 1 aliphatic heterocycles. The Morgan fingerprint density at radius 3 is 2.57 bits per heavy atom. The molecule has 3 rings (SSSR count). The van der Waals surface area contributed by atoms with E-state index in [-0.39, 0.29) is 31.4 Å². The molecule has 1 heterocycles. The molecular formula is C22H26N2O4. The molecule has 6 nitrogen and oxygen atoms in total. The van der Waals surface area contributed by atoms with E-state index in [1.54, 1.807) is 12.0 Å². The predicted octanol–water partition coefficient (Wildman–Crippen LogP) is 1.86. The van der Waals surface area contributed by atoms with Gasteiger partial charge in [-0.25, -0.2) is 0 Å². The van der Waals surface area contributed by atoms with Crippen LogP contribution in [0.3, 0.4) is 0 Å². The predicted molar refractivity (Wildman–Crippen MR) is 106 cm³/mol. The lowest BCUT2D eigenvalue weighted by atomic mass is 10.1. The smallest absolute Gasteiger partial charge is 0.242 e. The highest BCUT2D eigenvalue weighted by Gasteiger charge is 2.29. The zero-order chi connectivity index (χ0) is 19.9. The van der Waals surface area contributed by atoms with Crippen molar-refractivity contribution in [1.82, 2.24) is 9.80 Å². The van der Waals surface area contributed by atoms with E-state index in [1.165, 1.54) is 4.90 Å². The molecule has 1 aliphatic rings. The topological polar surface area (TPSA) is 70.1 Å². The summed E-state index contributed by atoms with van der Waals surface area (Å²) >= 11 is 0. The number of methoxy groups -OCH3 is 1. The lowest BCUT2D eigenvalue weighted by molar-refractivity contribution is -0.139. The van der Waals surface area contributed by atoms with Gasteiger partial charge in [0, 0.05) is 31.6 Å². The van der Waals surface area contributed by atoms with Crippen LogP contribution < -0.4 is 4.74 Å². The molecule has 2 aromatic carbocycles. The van der Waals surface area contributed by atoms with Gasteiger partial charge in [-0.2, -0.15) is 0 Å². The summed E-state index contributed by atoms with van der Waals surface area (Å²) in [7, 11) is 1.59. The van der Waals surface area contributed by atoms with Crippen molar-refractivity contribution in [2.75, 3.05) is 26.7 Å². The number of nitrogens with zero attached hydrogens (tertiary/aromatic N) is 2. The van der Waals surface area contributed by atoms with Crippen LogP contribution in [-0.2, 0) is 22.6 Å². The Balaban J connectivity index is 1.63. The number of carbonyl (C=O) groups excluding carboxylic acids is 2. The first-order chi connectivity index (χ1) is 13.6. The quantitative estimate of drug-likeness (QED) is 0.828. The number of aliphatic hydroxyl groups is 1. The summed E-state index contributed by atoms with van der Waals surface area (Å²) in [6.07, 6.45) is 0.156. The molecule has 0 aliphatic carbocycles. The molecule has 1 N–H and O–H groups in total. The molecule has 0 spiro atoms. The number of amides is 2. The number of aliphatic hydroxyl groups excluding tert-OH is 1. The van der Waals surface area contributed by atoms with E-state index in [9.17, 15) is 14.7 Å². The van der Waals surface area contributed by atoms with Crippen molar-refractivity contribution >= 4 is 11.8 Å². The highest BCUT2D eigenvalue weighted by atomic mass is 16.5. The van der Waals surface area contributed by atoms with Crippen molar-refractivity contribution in [3.05, 3.63) is 65.7 Å². The molecule has 1 fully saturated rings. The molecule has 28 heavy (non-hydrogen) atoms. The molecule has 1 atom stereocenters. The fourth-order valence-corrected chi connectivity index (χ4v) is 3.43. The Kier molecular flexibility index (Phi) is 6.66. The number of rotatable bonds is 6. The second kappa shape index (κ2) is 9.37. The maximum atomic E-state index is 12.7. The number of hydrogen-bond donors (Lipinski definition) is 1. The maximum Gasteiger partial charge on any atom is 0.242 e. The van der Waals surface area contributed by atoms with Gasteiger partial charge < -0.3 is 19.6 Å². The number of benzene rings is 2. The van der Waals surface area contributed by atoms with Gasteiger partial charge in [0.1, 0.15) is 5.75 Å². The molecule has 0 radical (unpaired) electrons. The largest absolute Gasteiger partial charge is 0.496 e. The van der Waals surface area contributed by atoms with Gasteiger partial charge in [-0.15, -0.1) is 0 Å². The van der Waals surface area contributed by atoms with Crippen LogP contribution in [0.2, 0.25) is 0 Å². The molecule has 2 aromatic rings. The van der Waals surface area contributed by atoms with Gasteiger partial charge in [0.15, 0.2) is 0 Å². The second-order valence-corrected chi connectivity index (χ2v) is 7.00. The molecule has 6 heteroatoms. The van der Waals surface area contributed by atoms with Gasteiger partial charge in [-0.3, -0.25) is 9.59 Å². The lowest BCUT2D eigenvalue weighted by Crippen LogP contribution is -2.39. The Morgan fingerprint density at radius 2 is 1.82 bits per heavy atom. The summed E-state index contributed by atoms with van der Waals surface area (Å²) in [5, 5.41) is 10.4. The van der Waals surface area contributed by atoms with Gasteiger partial charge >= 0.3 is 0 Å². The second-order valence-electron chi connectivity index (χ2n) is 7.00. The van der Waals surface area contributed by atoms with Crippen LogP contribution in [0.5, 0.6) is 5.75 Å². The summed E-state index contributed by atoms with van der Waals surface area (Å²) in [4.78, 5) is 28.4. The average Bonchev–Trinajstić information content (AvgIpc) is 2.85. The van der Waals surface area contributed by atoms with Gasteiger partial charge in [-0.1, -0.05) is 48.5 Å². The number of carbonyl (C=O) groups is 2. The van der Waals surface area contributed by atoms with Crippen LogP contribution in [0.1, 0.15) is 17.5 Å². The van der Waals surface area contributed by atoms with Crippen molar-refractivity contribution in [3.8, 4) is 5.75 Å².